The van der Waals surface area contributed by atoms with Gasteiger partial charge in [-0.25, -0.2) is 9.59 Å². The number of rotatable bonds is 12. The van der Waals surface area contributed by atoms with Crippen LogP contribution in [0.15, 0.2) is 69.4 Å². The maximum absolute atomic E-state index is 14.9. The molecular weight excluding hydrogens is 1270 g/mol. The van der Waals surface area contributed by atoms with Gasteiger partial charge in [-0.1, -0.05) is 78.0 Å². The number of aliphatic hydroxyl groups excluding tert-OH is 1. The summed E-state index contributed by atoms with van der Waals surface area (Å²) in [6.45, 7) is 15.5. The Labute approximate surface area is 574 Å². The molecule has 4 aliphatic carbocycles. The van der Waals surface area contributed by atoms with Crippen LogP contribution in [0.25, 0.3) is 0 Å². The molecule has 0 radical (unpaired) electrons. The van der Waals surface area contributed by atoms with Crippen LogP contribution in [-0.2, 0) is 86.4 Å². The standard InChI is InChI=1S/C75H101NO22/c1-39-19-15-14-16-20-40(2)53(90-11)33-47-24-22-45(7)75(88,98-47)69(84)70(85)76-28-18-17-21-50(76)72(87)95-54(42(4)31-46-23-26-51(77)55(32-46)91-12)34-52(78)41(3)30-44(6)66(68(92-13)64(82)43(5)29-39)97-60(81)35-59(80)94-56-36-73(8)49(25-27-57(73)79)61-63(56)74(9)58(38-89-10)96-71(86)48-37-93-67(62(48)74)65(61)83/h14-16,19-20,30,37,39,41-43,45-47,49-51,53-56,58,66,68,77,88H,17-18,21-29,31-36,38H2,1-13H3/b16-14+,19-15+,40-20+,44-30+/t39-,41-,42-,43-,45-,46+,47+,49+,50+,51-,53+,54+,55-,56-,58-,66-,68+,73+,74+,75-/m1/s1. The molecule has 2 saturated heterocycles. The van der Waals surface area contributed by atoms with Crippen molar-refractivity contribution in [2.24, 2.45) is 46.8 Å². The number of ketones is 5. The predicted octanol–water partition coefficient (Wildman–Crippen LogP) is 8.65. The third kappa shape index (κ3) is 15.3. The molecule has 23 heteroatoms. The van der Waals surface area contributed by atoms with Crippen molar-refractivity contribution in [3.63, 3.8) is 0 Å². The zero-order chi connectivity index (χ0) is 71.5. The highest BCUT2D eigenvalue weighted by molar-refractivity contribution is 6.39. The molecule has 98 heavy (non-hydrogen) atoms. The predicted molar refractivity (Wildman–Crippen MR) is 352 cm³/mol. The highest BCUT2D eigenvalue weighted by atomic mass is 16.6. The first kappa shape index (κ1) is 75.6. The van der Waals surface area contributed by atoms with Gasteiger partial charge in [0.15, 0.2) is 23.8 Å². The van der Waals surface area contributed by atoms with E-state index in [-0.39, 0.29) is 90.9 Å². The van der Waals surface area contributed by atoms with E-state index < -0.39 is 167 Å². The van der Waals surface area contributed by atoms with Gasteiger partial charge in [-0.15, -0.1) is 0 Å². The Morgan fingerprint density at radius 2 is 1.53 bits per heavy atom. The van der Waals surface area contributed by atoms with Crippen molar-refractivity contribution in [2.45, 2.75) is 237 Å². The third-order valence-corrected chi connectivity index (χ3v) is 22.7. The van der Waals surface area contributed by atoms with Crippen LogP contribution in [0.1, 0.15) is 192 Å². The van der Waals surface area contributed by atoms with E-state index in [2.05, 4.69) is 0 Å². The Hall–Kier alpha value is -6.60. The monoisotopic (exact) mass is 1370 g/mol. The van der Waals surface area contributed by atoms with E-state index in [1.807, 2.05) is 51.2 Å². The molecule has 4 fully saturated rings. The van der Waals surface area contributed by atoms with E-state index in [1.54, 1.807) is 48.7 Å². The van der Waals surface area contributed by atoms with E-state index in [1.165, 1.54) is 27.4 Å². The normalized spacial score (nSPS) is 38.5. The van der Waals surface area contributed by atoms with Gasteiger partial charge in [0.05, 0.1) is 36.4 Å². The van der Waals surface area contributed by atoms with Gasteiger partial charge in [0.25, 0.3) is 11.7 Å². The summed E-state index contributed by atoms with van der Waals surface area (Å²) in [6, 6.07) is -1.26. The summed E-state index contributed by atoms with van der Waals surface area (Å²) in [5, 5.41) is 22.9. The van der Waals surface area contributed by atoms with Crippen molar-refractivity contribution < 1.29 is 105 Å². The highest BCUT2D eigenvalue weighted by Crippen LogP contribution is 2.61. The summed E-state index contributed by atoms with van der Waals surface area (Å²) < 4.78 is 59.9. The molecule has 20 atom stereocenters. The first-order valence-electron chi connectivity index (χ1n) is 35.0. The van der Waals surface area contributed by atoms with Crippen LogP contribution in [0.4, 0.5) is 0 Å². The number of allylic oxidation sites excluding steroid dienone is 7. The average Bonchev–Trinajstić information content (AvgIpc) is 1.37. The summed E-state index contributed by atoms with van der Waals surface area (Å²) in [5.74, 6) is -14.1. The molecule has 8 aliphatic rings. The van der Waals surface area contributed by atoms with Gasteiger partial charge in [-0.2, -0.15) is 0 Å². The molecule has 538 valence electrons. The van der Waals surface area contributed by atoms with Crippen molar-refractivity contribution in [1.29, 1.82) is 0 Å². The quantitative estimate of drug-likeness (QED) is 0.0650. The molecule has 1 amide bonds. The maximum Gasteiger partial charge on any atom is 0.342 e. The maximum atomic E-state index is 14.9. The summed E-state index contributed by atoms with van der Waals surface area (Å²) in [4.78, 5) is 146. The number of ether oxygens (including phenoxy) is 9. The number of cyclic esters (lactones) is 2. The van der Waals surface area contributed by atoms with E-state index in [0.717, 1.165) is 16.7 Å². The second-order valence-electron chi connectivity index (χ2n) is 29.4. The lowest BCUT2D eigenvalue weighted by Crippen LogP contribution is -2.61. The van der Waals surface area contributed by atoms with E-state index in [0.29, 0.717) is 69.8 Å². The van der Waals surface area contributed by atoms with E-state index >= 15 is 0 Å². The van der Waals surface area contributed by atoms with Crippen LogP contribution in [0.5, 0.6) is 0 Å². The number of hydrogen-bond acceptors (Lipinski definition) is 22. The fourth-order valence-electron chi connectivity index (χ4n) is 16.8. The van der Waals surface area contributed by atoms with Gasteiger partial charge in [0, 0.05) is 101 Å². The smallest absolute Gasteiger partial charge is 0.342 e. The van der Waals surface area contributed by atoms with Gasteiger partial charge < -0.3 is 62.2 Å². The molecule has 0 aromatic carbocycles. The largest absolute Gasteiger partial charge is 0.460 e. The number of esters is 4. The Morgan fingerprint density at radius 3 is 2.23 bits per heavy atom. The number of carbonyl (C=O) groups is 10. The fraction of sp³-hybridized carbons (Fsp3) is 0.680. The molecule has 9 rings (SSSR count). The lowest BCUT2D eigenvalue weighted by Gasteiger charge is -2.51. The SMILES string of the molecule is COC[C@H]1OC(=O)c2coc3c2[C@@]1(C)C1=C(C3=O)[C@@H]2CCC(=O)[C@@]2(C)C[C@H]1OC(=O)CC(=O)O[C@@H]1/C(C)=C/[C@@H](C)C(=O)C[C@@H]([C@H](C)C[C@@H]2CC[C@@H](O)[C@H](OC)C2)OC(=O)[C@@H]2CCCCN2C(=O)C(=O)[C@]2(O)O[C@@H](CC[C@H]2C)C[C@H](OC)/C(C)=C/C=C/C=C/[C@@H](C)C[C@@H](C)C(=O)[C@@H]1OC. The fourth-order valence-corrected chi connectivity index (χ4v) is 16.8. The summed E-state index contributed by atoms with van der Waals surface area (Å²) in [7, 11) is 5.78. The van der Waals surface area contributed by atoms with Gasteiger partial charge in [-0.3, -0.25) is 38.4 Å². The van der Waals surface area contributed by atoms with Crippen LogP contribution in [0.2, 0.25) is 0 Å². The Balaban J connectivity index is 1.04. The zero-order valence-electron chi connectivity index (χ0n) is 59.1. The average molecular weight is 1370 g/mol. The number of piperidine rings is 1. The number of fused-ring (bicyclic) bond motifs is 6. The second-order valence-corrected chi connectivity index (χ2v) is 29.4. The Kier molecular flexibility index (Phi) is 24.3. The Morgan fingerprint density at radius 1 is 0.796 bits per heavy atom. The van der Waals surface area contributed by atoms with Crippen LogP contribution in [-0.4, -0.2) is 182 Å². The number of aliphatic hydroxyl groups is 2. The molecular formula is C75H101NO22. The summed E-state index contributed by atoms with van der Waals surface area (Å²) in [5.41, 5.74) is -0.760. The number of Topliss-reactive ketones (excluding diaryl/α,β-unsaturated/α-hetero) is 5. The molecule has 2 N–H and O–H groups in total. The molecule has 5 heterocycles. The third-order valence-electron chi connectivity index (χ3n) is 22.7. The van der Waals surface area contributed by atoms with Crippen molar-refractivity contribution in [3.05, 3.63) is 81.9 Å². The molecule has 1 aromatic heterocycles. The first-order valence-corrected chi connectivity index (χ1v) is 35.0. The zero-order valence-corrected chi connectivity index (χ0v) is 59.1. The molecule has 4 aliphatic heterocycles. The van der Waals surface area contributed by atoms with Crippen LogP contribution >= 0.6 is 0 Å². The molecule has 23 nitrogen and oxygen atoms in total. The van der Waals surface area contributed by atoms with Crippen molar-refractivity contribution >= 4 is 58.7 Å². The number of hydrogen-bond donors (Lipinski definition) is 2. The van der Waals surface area contributed by atoms with E-state index in [4.69, 9.17) is 47.0 Å². The topological polar surface area (TPSA) is 311 Å². The highest BCUT2D eigenvalue weighted by Gasteiger charge is 2.65. The summed E-state index contributed by atoms with van der Waals surface area (Å²) >= 11 is 0. The second kappa shape index (κ2) is 31.5. The minimum Gasteiger partial charge on any atom is -0.460 e. The molecule has 1 aromatic rings. The van der Waals surface area contributed by atoms with Crippen LogP contribution < -0.4 is 0 Å². The molecule has 2 bridgehead atoms. The number of methoxy groups -OCH3 is 4. The first-order chi connectivity index (χ1) is 46.4. The van der Waals surface area contributed by atoms with Crippen molar-refractivity contribution in [3.8, 4) is 0 Å². The van der Waals surface area contributed by atoms with Crippen LogP contribution in [0, 0.1) is 46.8 Å². The van der Waals surface area contributed by atoms with Gasteiger partial charge in [0.1, 0.15) is 54.2 Å². The minimum atomic E-state index is -2.52. The Bertz CT molecular complexity index is 3390. The number of amides is 1. The lowest BCUT2D eigenvalue weighted by atomic mass is 9.54. The van der Waals surface area contributed by atoms with E-state index in [9.17, 15) is 58.2 Å². The minimum absolute atomic E-state index is 0.00237. The van der Waals surface area contributed by atoms with Gasteiger partial charge >= 0.3 is 23.9 Å². The van der Waals surface area contributed by atoms with Gasteiger partial charge in [-0.05, 0) is 126 Å². The molecule has 0 spiro atoms. The van der Waals surface area contributed by atoms with Crippen LogP contribution in [0.3, 0.4) is 0 Å². The van der Waals surface area contributed by atoms with Crippen molar-refractivity contribution in [1.82, 2.24) is 4.90 Å². The number of carbonyl (C=O) groups excluding carboxylic acids is 10. The molecule has 2 saturated carbocycles. The summed E-state index contributed by atoms with van der Waals surface area (Å²) in [6.07, 6.45) is 6.64. The number of furan rings is 1. The van der Waals surface area contributed by atoms with Gasteiger partial charge in [0.2, 0.25) is 11.6 Å². The molecule has 0 unspecified atom stereocenters. The van der Waals surface area contributed by atoms with Crippen molar-refractivity contribution in [2.75, 3.05) is 41.6 Å². The lowest BCUT2D eigenvalue weighted by molar-refractivity contribution is -0.265. The number of nitrogens with zero attached hydrogens (tertiary/aromatic N) is 1.